The summed E-state index contributed by atoms with van der Waals surface area (Å²) >= 11 is 0. The van der Waals surface area contributed by atoms with E-state index in [9.17, 15) is 15.0 Å². The SMILES string of the molecule is Nc1ccc2c(c1)C(=CC1Cc3c(O)cccc3CC1O)C(=O)N2. The number of amides is 1. The van der Waals surface area contributed by atoms with E-state index in [1.807, 2.05) is 6.07 Å². The van der Waals surface area contributed by atoms with E-state index >= 15 is 0 Å². The minimum Gasteiger partial charge on any atom is -0.508 e. The molecule has 1 amide bonds. The molecule has 24 heavy (non-hydrogen) atoms. The van der Waals surface area contributed by atoms with Gasteiger partial charge in [0.1, 0.15) is 5.75 Å². The van der Waals surface area contributed by atoms with Gasteiger partial charge < -0.3 is 21.3 Å². The van der Waals surface area contributed by atoms with Crippen molar-refractivity contribution in [2.75, 3.05) is 11.1 Å². The Hall–Kier alpha value is -2.79. The van der Waals surface area contributed by atoms with E-state index < -0.39 is 6.10 Å². The van der Waals surface area contributed by atoms with E-state index in [4.69, 9.17) is 5.73 Å². The van der Waals surface area contributed by atoms with Gasteiger partial charge in [0.15, 0.2) is 0 Å². The van der Waals surface area contributed by atoms with Gasteiger partial charge in [-0.25, -0.2) is 0 Å². The standard InChI is InChI=1S/C19H18N2O3/c20-12-4-5-16-14(9-12)15(19(24)21-16)7-11-6-13-10(8-18(11)23)2-1-3-17(13)22/h1-5,7,9,11,18,22-23H,6,8,20H2,(H,21,24). The van der Waals surface area contributed by atoms with Gasteiger partial charge in [-0.15, -0.1) is 0 Å². The summed E-state index contributed by atoms with van der Waals surface area (Å²) in [4.78, 5) is 12.3. The first-order valence-corrected chi connectivity index (χ1v) is 7.94. The number of anilines is 2. The molecule has 0 saturated heterocycles. The number of benzene rings is 2. The number of hydrogen-bond acceptors (Lipinski definition) is 4. The summed E-state index contributed by atoms with van der Waals surface area (Å²) < 4.78 is 0. The number of fused-ring (bicyclic) bond motifs is 2. The highest BCUT2D eigenvalue weighted by molar-refractivity contribution is 6.31. The quantitative estimate of drug-likeness (QED) is 0.477. The number of phenols is 1. The molecule has 1 heterocycles. The zero-order valence-electron chi connectivity index (χ0n) is 13.0. The molecule has 122 valence electrons. The first-order chi connectivity index (χ1) is 11.5. The molecule has 2 atom stereocenters. The number of aliphatic hydroxyl groups is 1. The molecule has 4 rings (SSSR count). The number of carbonyl (C=O) groups is 1. The van der Waals surface area contributed by atoms with Crippen molar-refractivity contribution in [3.8, 4) is 5.75 Å². The van der Waals surface area contributed by atoms with Crippen LogP contribution in [0.2, 0.25) is 0 Å². The summed E-state index contributed by atoms with van der Waals surface area (Å²) in [6, 6.07) is 10.6. The third-order valence-corrected chi connectivity index (χ3v) is 4.82. The van der Waals surface area contributed by atoms with Crippen LogP contribution in [-0.4, -0.2) is 22.2 Å². The van der Waals surface area contributed by atoms with Crippen molar-refractivity contribution < 1.29 is 15.0 Å². The molecule has 5 nitrogen and oxygen atoms in total. The van der Waals surface area contributed by atoms with Gasteiger partial charge >= 0.3 is 0 Å². The van der Waals surface area contributed by atoms with Crippen LogP contribution in [0.4, 0.5) is 11.4 Å². The Kier molecular flexibility index (Phi) is 3.32. The molecule has 0 aromatic heterocycles. The summed E-state index contributed by atoms with van der Waals surface area (Å²) in [5.41, 5.74) is 10.2. The van der Waals surface area contributed by atoms with Crippen LogP contribution in [0.1, 0.15) is 16.7 Å². The molecule has 0 bridgehead atoms. The number of nitrogen functional groups attached to an aromatic ring is 1. The maximum Gasteiger partial charge on any atom is 0.256 e. The van der Waals surface area contributed by atoms with Gasteiger partial charge in [0.2, 0.25) is 0 Å². The molecule has 2 aromatic carbocycles. The van der Waals surface area contributed by atoms with Gasteiger partial charge in [0, 0.05) is 28.4 Å². The Bertz CT molecular complexity index is 873. The molecule has 0 saturated carbocycles. The predicted molar refractivity (Wildman–Crippen MR) is 92.5 cm³/mol. The number of hydrogen-bond donors (Lipinski definition) is 4. The van der Waals surface area contributed by atoms with E-state index in [1.54, 1.807) is 36.4 Å². The number of carbonyl (C=O) groups excluding carboxylic acids is 1. The van der Waals surface area contributed by atoms with Gasteiger partial charge in [0.05, 0.1) is 6.10 Å². The second-order valence-corrected chi connectivity index (χ2v) is 6.39. The maximum atomic E-state index is 12.3. The van der Waals surface area contributed by atoms with Gasteiger partial charge in [-0.3, -0.25) is 4.79 Å². The lowest BCUT2D eigenvalue weighted by Gasteiger charge is -2.28. The van der Waals surface area contributed by atoms with Gasteiger partial charge in [-0.1, -0.05) is 18.2 Å². The second-order valence-electron chi connectivity index (χ2n) is 6.39. The van der Waals surface area contributed by atoms with Crippen molar-refractivity contribution in [3.63, 3.8) is 0 Å². The molecule has 0 radical (unpaired) electrons. The smallest absolute Gasteiger partial charge is 0.256 e. The lowest BCUT2D eigenvalue weighted by molar-refractivity contribution is -0.110. The Balaban J connectivity index is 1.73. The molecular weight excluding hydrogens is 304 g/mol. The zero-order valence-corrected chi connectivity index (χ0v) is 13.0. The van der Waals surface area contributed by atoms with E-state index in [0.717, 1.165) is 22.4 Å². The molecule has 5 heteroatoms. The first-order valence-electron chi connectivity index (χ1n) is 7.94. The largest absolute Gasteiger partial charge is 0.508 e. The van der Waals surface area contributed by atoms with Crippen molar-refractivity contribution in [2.24, 2.45) is 5.92 Å². The topological polar surface area (TPSA) is 95.6 Å². The number of aromatic hydroxyl groups is 1. The van der Waals surface area contributed by atoms with E-state index in [-0.39, 0.29) is 17.6 Å². The van der Waals surface area contributed by atoms with E-state index in [1.165, 1.54) is 0 Å². The highest BCUT2D eigenvalue weighted by Gasteiger charge is 2.31. The molecule has 0 spiro atoms. The van der Waals surface area contributed by atoms with Crippen LogP contribution in [0.5, 0.6) is 5.75 Å². The first kappa shape index (κ1) is 14.8. The van der Waals surface area contributed by atoms with Gasteiger partial charge in [-0.05, 0) is 48.2 Å². The summed E-state index contributed by atoms with van der Waals surface area (Å²) in [7, 11) is 0. The highest BCUT2D eigenvalue weighted by Crippen LogP contribution is 2.37. The van der Waals surface area contributed by atoms with Crippen LogP contribution < -0.4 is 11.1 Å². The molecule has 2 aromatic rings. The van der Waals surface area contributed by atoms with E-state index in [2.05, 4.69) is 5.32 Å². The lowest BCUT2D eigenvalue weighted by atomic mass is 9.80. The highest BCUT2D eigenvalue weighted by atomic mass is 16.3. The predicted octanol–water partition coefficient (Wildman–Crippen LogP) is 2.09. The average Bonchev–Trinajstić information content (AvgIpc) is 2.84. The maximum absolute atomic E-state index is 12.3. The fourth-order valence-corrected chi connectivity index (χ4v) is 3.55. The van der Waals surface area contributed by atoms with Crippen LogP contribution in [0.3, 0.4) is 0 Å². The molecular formula is C19H18N2O3. The Morgan fingerprint density at radius 1 is 1.21 bits per heavy atom. The number of aliphatic hydroxyl groups excluding tert-OH is 1. The molecule has 1 aliphatic heterocycles. The van der Waals surface area contributed by atoms with Crippen molar-refractivity contribution in [1.82, 2.24) is 0 Å². The fourth-order valence-electron chi connectivity index (χ4n) is 3.55. The number of rotatable bonds is 1. The number of nitrogens with one attached hydrogen (secondary N) is 1. The van der Waals surface area contributed by atoms with Crippen molar-refractivity contribution in [3.05, 3.63) is 59.2 Å². The minimum absolute atomic E-state index is 0.189. The van der Waals surface area contributed by atoms with Crippen LogP contribution in [0.15, 0.2) is 42.5 Å². The normalized spacial score (nSPS) is 23.7. The fraction of sp³-hybridized carbons (Fsp3) is 0.211. The summed E-state index contributed by atoms with van der Waals surface area (Å²) in [6.45, 7) is 0. The van der Waals surface area contributed by atoms with Crippen molar-refractivity contribution in [1.29, 1.82) is 0 Å². The summed E-state index contributed by atoms with van der Waals surface area (Å²) in [6.07, 6.45) is 2.17. The number of nitrogens with two attached hydrogens (primary N) is 1. The molecule has 5 N–H and O–H groups in total. The molecule has 0 fully saturated rings. The van der Waals surface area contributed by atoms with E-state index in [0.29, 0.717) is 24.1 Å². The lowest BCUT2D eigenvalue weighted by Crippen LogP contribution is -2.29. The van der Waals surface area contributed by atoms with Gasteiger partial charge in [0.25, 0.3) is 5.91 Å². The van der Waals surface area contributed by atoms with Crippen LogP contribution in [-0.2, 0) is 17.6 Å². The van der Waals surface area contributed by atoms with Crippen LogP contribution >= 0.6 is 0 Å². The molecule has 2 unspecified atom stereocenters. The van der Waals surface area contributed by atoms with Crippen LogP contribution in [0.25, 0.3) is 5.57 Å². The minimum atomic E-state index is -0.593. The van der Waals surface area contributed by atoms with Crippen LogP contribution in [0, 0.1) is 5.92 Å². The van der Waals surface area contributed by atoms with Crippen molar-refractivity contribution in [2.45, 2.75) is 18.9 Å². The zero-order chi connectivity index (χ0) is 16.8. The van der Waals surface area contributed by atoms with Crippen molar-refractivity contribution >= 4 is 22.9 Å². The Morgan fingerprint density at radius 3 is 2.88 bits per heavy atom. The summed E-state index contributed by atoms with van der Waals surface area (Å²) in [5.74, 6) is -0.187. The second kappa shape index (κ2) is 5.39. The summed E-state index contributed by atoms with van der Waals surface area (Å²) in [5, 5.41) is 23.4. The third-order valence-electron chi connectivity index (χ3n) is 4.82. The number of phenolic OH excluding ortho intramolecular Hbond substituents is 1. The third kappa shape index (κ3) is 2.34. The average molecular weight is 322 g/mol. The Labute approximate surface area is 139 Å². The van der Waals surface area contributed by atoms with Gasteiger partial charge in [-0.2, -0.15) is 0 Å². The molecule has 1 aliphatic carbocycles. The Morgan fingerprint density at radius 2 is 2.04 bits per heavy atom. The monoisotopic (exact) mass is 322 g/mol. The molecule has 2 aliphatic rings.